The molecule has 2 amide bonds. The summed E-state index contributed by atoms with van der Waals surface area (Å²) in [5.74, 6) is 0.977. The molecule has 13 nitrogen and oxygen atoms in total. The van der Waals surface area contributed by atoms with E-state index in [1.54, 1.807) is 13.0 Å². The van der Waals surface area contributed by atoms with E-state index in [-0.39, 0.29) is 109 Å². The number of thioether (sulfide) groups is 1. The molecule has 2 aliphatic carbocycles. The summed E-state index contributed by atoms with van der Waals surface area (Å²) in [4.78, 5) is 61.1. The molecule has 17 heteroatoms. The van der Waals surface area contributed by atoms with Crippen LogP contribution in [0.25, 0.3) is 6.08 Å². The van der Waals surface area contributed by atoms with Gasteiger partial charge in [-0.3, -0.25) is 9.59 Å². The smallest absolute Gasteiger partial charge is 0.748 e. The molecule has 2 fully saturated rings. The van der Waals surface area contributed by atoms with Crippen LogP contribution in [-0.2, 0) is 65.1 Å². The van der Waals surface area contributed by atoms with Crippen LogP contribution in [0.1, 0.15) is 118 Å². The van der Waals surface area contributed by atoms with Gasteiger partial charge in [0.25, 0.3) is 0 Å². The third-order valence-corrected chi connectivity index (χ3v) is 13.3. The number of esters is 1. The van der Waals surface area contributed by atoms with Crippen molar-refractivity contribution in [2.24, 2.45) is 40.5 Å². The number of hydrogen-bond acceptors (Lipinski definition) is 11. The molecule has 0 spiro atoms. The molecule has 1 aromatic heterocycles. The predicted octanol–water partition coefficient (Wildman–Crippen LogP) is 3.68. The number of ether oxygens (including phenoxy) is 1. The van der Waals surface area contributed by atoms with Crippen LogP contribution < -0.4 is 45.2 Å². The zero-order valence-electron chi connectivity index (χ0n) is 35.7. The fourth-order valence-corrected chi connectivity index (χ4v) is 10.3. The van der Waals surface area contributed by atoms with Gasteiger partial charge in [-0.2, -0.15) is 0 Å². The summed E-state index contributed by atoms with van der Waals surface area (Å²) < 4.78 is 39.4. The molecule has 310 valence electrons. The largest absolute Gasteiger partial charge is 1.00 e. The van der Waals surface area contributed by atoms with E-state index < -0.39 is 33.0 Å². The zero-order chi connectivity index (χ0) is 40.8. The summed E-state index contributed by atoms with van der Waals surface area (Å²) in [5, 5.41) is 5.07. The number of amidine groups is 1. The van der Waals surface area contributed by atoms with Crippen LogP contribution >= 0.6 is 11.8 Å². The second-order valence-electron chi connectivity index (χ2n) is 16.2. The summed E-state index contributed by atoms with van der Waals surface area (Å²) in [6, 6.07) is 0. The van der Waals surface area contributed by atoms with E-state index >= 15 is 0 Å². The Labute approximate surface area is 378 Å². The first-order chi connectivity index (χ1) is 25.8. The molecular weight excluding hydrogens is 833 g/mol. The van der Waals surface area contributed by atoms with Gasteiger partial charge >= 0.3 is 35.5 Å². The van der Waals surface area contributed by atoms with Crippen molar-refractivity contribution in [3.8, 4) is 0 Å². The van der Waals surface area contributed by atoms with E-state index in [0.717, 1.165) is 31.2 Å². The molecule has 1 aromatic rings. The van der Waals surface area contributed by atoms with Gasteiger partial charge in [-0.1, -0.05) is 54.3 Å². The summed E-state index contributed by atoms with van der Waals surface area (Å²) in [7, 11) is -4.36. The summed E-state index contributed by atoms with van der Waals surface area (Å²) in [6.45, 7) is 19.9. The van der Waals surface area contributed by atoms with Crippen molar-refractivity contribution in [3.63, 3.8) is 0 Å². The Morgan fingerprint density at radius 3 is 2.05 bits per heavy atom. The van der Waals surface area contributed by atoms with Crippen LogP contribution in [0.3, 0.4) is 0 Å². The Hall–Kier alpha value is -1.36. The third-order valence-electron chi connectivity index (χ3n) is 11.1. The number of rotatable bonds is 15. The number of allylic oxidation sites excluding steroid dienone is 1. The van der Waals surface area contributed by atoms with Gasteiger partial charge in [0.2, 0.25) is 5.91 Å². The first-order valence-electron chi connectivity index (χ1n) is 19.6. The van der Waals surface area contributed by atoms with Crippen LogP contribution in [-0.4, -0.2) is 65.6 Å². The molecule has 5 atom stereocenters. The van der Waals surface area contributed by atoms with E-state index in [0.29, 0.717) is 58.4 Å². The molecular formula is C40H60N4NaO9S2Zn-. The van der Waals surface area contributed by atoms with E-state index in [4.69, 9.17) is 24.5 Å². The van der Waals surface area contributed by atoms with Crippen LogP contribution in [0, 0.1) is 42.4 Å². The quantitative estimate of drug-likeness (QED) is 0.0654. The summed E-state index contributed by atoms with van der Waals surface area (Å²) in [6.07, 6.45) is 5.86. The number of carbonyl (C=O) groups excluding carboxylic acids is 3. The summed E-state index contributed by atoms with van der Waals surface area (Å²) in [5.41, 5.74) is 2.88. The SMILES string of the molecule is CCC(SCCCS(=O)(=O)[O-])C(=O)NC1=N/C(=C\c2[n-]c(NC(C)=O)c(COOC3C(C)CC(C)CC3C)c2C)C(C)=C1C(=O)OC1C(C)CC(C)CC1C.[Na+].[Zn]. The normalized spacial score (nSPS) is 27.6. The Morgan fingerprint density at radius 1 is 0.965 bits per heavy atom. The third kappa shape index (κ3) is 14.4. The van der Waals surface area contributed by atoms with E-state index in [9.17, 15) is 27.4 Å². The van der Waals surface area contributed by atoms with Gasteiger partial charge in [-0.05, 0) is 129 Å². The minimum Gasteiger partial charge on any atom is -0.748 e. The van der Waals surface area contributed by atoms with Crippen molar-refractivity contribution in [1.82, 2.24) is 10.3 Å². The van der Waals surface area contributed by atoms with Crippen molar-refractivity contribution >= 4 is 57.4 Å². The number of amides is 2. The molecule has 5 unspecified atom stereocenters. The van der Waals surface area contributed by atoms with Gasteiger partial charge in [-0.15, -0.1) is 11.8 Å². The first kappa shape index (κ1) is 51.8. The van der Waals surface area contributed by atoms with Crippen LogP contribution in [0.4, 0.5) is 5.82 Å². The minimum atomic E-state index is -4.36. The van der Waals surface area contributed by atoms with Crippen molar-refractivity contribution in [1.29, 1.82) is 0 Å². The maximum atomic E-state index is 14.1. The zero-order valence-corrected chi connectivity index (χ0v) is 42.3. The Kier molecular flexibility index (Phi) is 20.9. The Morgan fingerprint density at radius 2 is 1.53 bits per heavy atom. The molecule has 0 saturated heterocycles. The number of carbonyl (C=O) groups is 3. The van der Waals surface area contributed by atoms with E-state index in [2.05, 4.69) is 52.2 Å². The van der Waals surface area contributed by atoms with Crippen molar-refractivity contribution in [2.75, 3.05) is 16.8 Å². The minimum absolute atomic E-state index is 0. The van der Waals surface area contributed by atoms with E-state index in [1.165, 1.54) is 18.7 Å². The second-order valence-corrected chi connectivity index (χ2v) is 19.1. The number of nitrogens with one attached hydrogen (secondary N) is 2. The summed E-state index contributed by atoms with van der Waals surface area (Å²) >= 11 is 1.24. The van der Waals surface area contributed by atoms with Crippen LogP contribution in [0.2, 0.25) is 0 Å². The van der Waals surface area contributed by atoms with Crippen molar-refractivity contribution < 1.29 is 90.9 Å². The fourth-order valence-electron chi connectivity index (χ4n) is 8.57. The van der Waals surface area contributed by atoms with Crippen molar-refractivity contribution in [2.45, 2.75) is 132 Å². The Balaban J connectivity index is 0.00000561. The second kappa shape index (κ2) is 23.0. The average Bonchev–Trinajstić information content (AvgIpc) is 3.52. The number of aromatic nitrogens is 1. The average molecular weight is 893 g/mol. The molecule has 0 bridgehead atoms. The van der Waals surface area contributed by atoms with Gasteiger partial charge in [0.1, 0.15) is 30.0 Å². The van der Waals surface area contributed by atoms with Crippen LogP contribution in [0.15, 0.2) is 21.8 Å². The van der Waals surface area contributed by atoms with E-state index in [1.807, 2.05) is 13.8 Å². The number of nitrogens with zero attached hydrogens (tertiary/aromatic N) is 2. The van der Waals surface area contributed by atoms with Gasteiger partial charge < -0.3 is 24.9 Å². The first-order valence-corrected chi connectivity index (χ1v) is 22.2. The molecule has 2 N–H and O–H groups in total. The molecule has 57 heavy (non-hydrogen) atoms. The maximum Gasteiger partial charge on any atom is 1.00 e. The number of anilines is 1. The molecule has 1 aliphatic heterocycles. The fraction of sp³-hybridized carbons (Fsp3) is 0.700. The maximum absolute atomic E-state index is 14.1. The van der Waals surface area contributed by atoms with Gasteiger partial charge in [0.05, 0.1) is 27.2 Å². The monoisotopic (exact) mass is 891 g/mol. The molecule has 2 heterocycles. The van der Waals surface area contributed by atoms with Gasteiger partial charge in [0, 0.05) is 25.2 Å². The molecule has 2 saturated carbocycles. The van der Waals surface area contributed by atoms with Gasteiger partial charge in [0.15, 0.2) is 0 Å². The topological polar surface area (TPSA) is 187 Å². The van der Waals surface area contributed by atoms with Gasteiger partial charge in [-0.25, -0.2) is 28.0 Å². The van der Waals surface area contributed by atoms with Crippen molar-refractivity contribution in [3.05, 3.63) is 33.7 Å². The number of hydrogen-bond donors (Lipinski definition) is 2. The number of aliphatic imine (C=N–C) groups is 1. The molecule has 3 aliphatic rings. The van der Waals surface area contributed by atoms with Crippen LogP contribution in [0.5, 0.6) is 0 Å². The molecule has 0 aromatic carbocycles. The standard InChI is InChI=1S/C40H62N4O9S2.Na.Zn/c1-11-33(54-13-12-14-55(48,49)50)39(46)44-38-34(40(47)52-35-23(4)15-21(2)16-24(35)5)28(9)32(43-38)19-31-27(8)30(37(42-31)41-29(10)45)20-51-53-36-25(6)17-22(3)18-26(36)7;;/h19,21-26,33,35-36H,11-18,20H2,1-10H3,(H4,41,42,43,44,45,46,47,48,49,50);;/q;+1;/p-2. The molecule has 0 radical (unpaired) electrons. The predicted molar refractivity (Wildman–Crippen MR) is 214 cm³/mol. The molecule has 4 rings (SSSR count). The Bertz CT molecular complexity index is 1760.